The smallest absolute Gasteiger partial charge is 0.271 e. The first kappa shape index (κ1) is 18.2. The van der Waals surface area contributed by atoms with Gasteiger partial charge in [0, 0.05) is 39.5 Å². The average molecular weight is 382 g/mol. The maximum Gasteiger partial charge on any atom is 0.271 e. The Labute approximate surface area is 167 Å². The molecule has 0 saturated heterocycles. The van der Waals surface area contributed by atoms with Crippen LogP contribution in [0.5, 0.6) is 0 Å². The van der Waals surface area contributed by atoms with Crippen LogP contribution in [0.2, 0.25) is 0 Å². The minimum Gasteiger partial charge on any atom is -0.361 e. The van der Waals surface area contributed by atoms with Gasteiger partial charge in [-0.05, 0) is 42.5 Å². The van der Waals surface area contributed by atoms with E-state index in [9.17, 15) is 9.59 Å². The van der Waals surface area contributed by atoms with Gasteiger partial charge in [0.15, 0.2) is 0 Å². The number of carbonyl (C=O) groups is 2. The minimum atomic E-state index is -0.331. The van der Waals surface area contributed by atoms with E-state index in [1.807, 2.05) is 36.5 Å². The summed E-state index contributed by atoms with van der Waals surface area (Å²) in [6.07, 6.45) is 3.44. The van der Waals surface area contributed by atoms with E-state index in [4.69, 9.17) is 0 Å². The Morgan fingerprint density at radius 3 is 2.28 bits per heavy atom. The van der Waals surface area contributed by atoms with Gasteiger partial charge in [-0.2, -0.15) is 5.10 Å². The number of aromatic amines is 1. The molecule has 0 radical (unpaired) electrons. The lowest BCUT2D eigenvalue weighted by molar-refractivity contribution is 0.0954. The fraction of sp³-hybridized carbons (Fsp3) is 0. The van der Waals surface area contributed by atoms with Crippen molar-refractivity contribution < 1.29 is 9.59 Å². The second-order valence-corrected chi connectivity index (χ2v) is 6.39. The third-order valence-corrected chi connectivity index (χ3v) is 4.43. The topological polar surface area (TPSA) is 86.3 Å². The molecule has 3 N–H and O–H groups in total. The van der Waals surface area contributed by atoms with Gasteiger partial charge in [0.25, 0.3) is 11.8 Å². The van der Waals surface area contributed by atoms with Gasteiger partial charge in [0.2, 0.25) is 0 Å². The number of hydrazone groups is 1. The summed E-state index contributed by atoms with van der Waals surface area (Å²) in [5, 5.41) is 7.87. The van der Waals surface area contributed by atoms with Crippen LogP contribution in [-0.2, 0) is 0 Å². The summed E-state index contributed by atoms with van der Waals surface area (Å²) in [5.74, 6) is -0.534. The number of nitrogens with one attached hydrogen (secondary N) is 3. The van der Waals surface area contributed by atoms with Gasteiger partial charge in [-0.15, -0.1) is 0 Å². The average Bonchev–Trinajstić information content (AvgIpc) is 3.18. The second kappa shape index (κ2) is 8.22. The van der Waals surface area contributed by atoms with E-state index in [0.717, 1.165) is 16.5 Å². The van der Waals surface area contributed by atoms with E-state index in [-0.39, 0.29) is 11.8 Å². The largest absolute Gasteiger partial charge is 0.361 e. The Bertz CT molecular complexity index is 1180. The molecule has 0 saturated carbocycles. The van der Waals surface area contributed by atoms with E-state index in [0.29, 0.717) is 16.8 Å². The van der Waals surface area contributed by atoms with Crippen molar-refractivity contribution >= 4 is 34.6 Å². The molecule has 0 fully saturated rings. The number of rotatable bonds is 5. The van der Waals surface area contributed by atoms with Crippen molar-refractivity contribution in [2.24, 2.45) is 5.10 Å². The summed E-state index contributed by atoms with van der Waals surface area (Å²) in [5.41, 5.74) is 6.04. The monoisotopic (exact) mass is 382 g/mol. The molecule has 0 bridgehead atoms. The molecule has 0 aliphatic heterocycles. The van der Waals surface area contributed by atoms with Gasteiger partial charge in [0.1, 0.15) is 0 Å². The molecule has 1 aromatic heterocycles. The first-order valence-electron chi connectivity index (χ1n) is 9.07. The molecule has 6 nitrogen and oxygen atoms in total. The lowest BCUT2D eigenvalue weighted by Gasteiger charge is -2.06. The Kier molecular flexibility index (Phi) is 5.16. The summed E-state index contributed by atoms with van der Waals surface area (Å²) < 4.78 is 0. The number of benzene rings is 3. The van der Waals surface area contributed by atoms with Crippen LogP contribution >= 0.6 is 0 Å². The number of anilines is 1. The van der Waals surface area contributed by atoms with E-state index >= 15 is 0 Å². The second-order valence-electron chi connectivity index (χ2n) is 6.39. The molecule has 0 aliphatic rings. The van der Waals surface area contributed by atoms with Crippen LogP contribution in [0.15, 0.2) is 90.2 Å². The van der Waals surface area contributed by atoms with E-state index in [1.165, 1.54) is 0 Å². The summed E-state index contributed by atoms with van der Waals surface area (Å²) >= 11 is 0. The van der Waals surface area contributed by atoms with Crippen LogP contribution in [0.1, 0.15) is 26.3 Å². The van der Waals surface area contributed by atoms with Gasteiger partial charge in [0.05, 0.1) is 6.21 Å². The normalized spacial score (nSPS) is 10.9. The maximum absolute atomic E-state index is 12.3. The van der Waals surface area contributed by atoms with Crippen molar-refractivity contribution in [2.45, 2.75) is 0 Å². The van der Waals surface area contributed by atoms with Crippen molar-refractivity contribution in [3.63, 3.8) is 0 Å². The Morgan fingerprint density at radius 1 is 0.793 bits per heavy atom. The van der Waals surface area contributed by atoms with Gasteiger partial charge in [-0.3, -0.25) is 9.59 Å². The van der Waals surface area contributed by atoms with E-state index in [2.05, 4.69) is 20.8 Å². The zero-order chi connectivity index (χ0) is 20.1. The van der Waals surface area contributed by atoms with E-state index in [1.54, 1.807) is 54.7 Å². The molecular weight excluding hydrogens is 364 g/mol. The number of carbonyl (C=O) groups excluding carboxylic acids is 2. The number of aromatic nitrogens is 1. The molecule has 0 atom stereocenters. The van der Waals surface area contributed by atoms with Crippen molar-refractivity contribution in [3.05, 3.63) is 102 Å². The van der Waals surface area contributed by atoms with Crippen molar-refractivity contribution in [3.8, 4) is 0 Å². The molecule has 29 heavy (non-hydrogen) atoms. The predicted molar refractivity (Wildman–Crippen MR) is 114 cm³/mol. The summed E-state index contributed by atoms with van der Waals surface area (Å²) in [6, 6.07) is 23.4. The number of hydrogen-bond acceptors (Lipinski definition) is 3. The number of H-pyrrole nitrogens is 1. The molecule has 3 aromatic carbocycles. The Hall–Kier alpha value is -4.19. The molecule has 0 aliphatic carbocycles. The quantitative estimate of drug-likeness (QED) is 0.357. The number of amides is 2. The molecule has 0 spiro atoms. The molecule has 142 valence electrons. The van der Waals surface area contributed by atoms with Gasteiger partial charge in [-0.25, -0.2) is 5.43 Å². The fourth-order valence-electron chi connectivity index (χ4n) is 2.92. The van der Waals surface area contributed by atoms with Crippen molar-refractivity contribution in [1.29, 1.82) is 0 Å². The summed E-state index contributed by atoms with van der Waals surface area (Å²) in [4.78, 5) is 27.6. The molecule has 4 aromatic rings. The number of nitrogens with zero attached hydrogens (tertiary/aromatic N) is 1. The van der Waals surface area contributed by atoms with Crippen LogP contribution in [0.4, 0.5) is 5.69 Å². The summed E-state index contributed by atoms with van der Waals surface area (Å²) in [6.45, 7) is 0. The number of para-hydroxylation sites is 1. The SMILES string of the molecule is O=C(N/N=C/c1c[nH]c2ccccc12)c1ccc(NC(=O)c2ccccc2)cc1. The maximum atomic E-state index is 12.3. The lowest BCUT2D eigenvalue weighted by Crippen LogP contribution is -2.17. The summed E-state index contributed by atoms with van der Waals surface area (Å²) in [7, 11) is 0. The Morgan fingerprint density at radius 2 is 1.48 bits per heavy atom. The number of fused-ring (bicyclic) bond motifs is 1. The van der Waals surface area contributed by atoms with E-state index < -0.39 is 0 Å². The molecule has 0 unspecified atom stereocenters. The zero-order valence-electron chi connectivity index (χ0n) is 15.4. The lowest BCUT2D eigenvalue weighted by atomic mass is 10.1. The highest BCUT2D eigenvalue weighted by atomic mass is 16.2. The van der Waals surface area contributed by atoms with Gasteiger partial charge >= 0.3 is 0 Å². The first-order chi connectivity index (χ1) is 14.2. The van der Waals surface area contributed by atoms with Crippen LogP contribution < -0.4 is 10.7 Å². The van der Waals surface area contributed by atoms with Crippen LogP contribution in [0, 0.1) is 0 Å². The first-order valence-corrected chi connectivity index (χ1v) is 9.07. The van der Waals surface area contributed by atoms with Crippen molar-refractivity contribution in [1.82, 2.24) is 10.4 Å². The molecular formula is C23H18N4O2. The van der Waals surface area contributed by atoms with Crippen LogP contribution in [-0.4, -0.2) is 23.0 Å². The molecule has 1 heterocycles. The third kappa shape index (κ3) is 4.22. The standard InChI is InChI=1S/C23H18N4O2/c28-22(16-6-2-1-3-7-16)26-19-12-10-17(11-13-19)23(29)27-25-15-18-14-24-21-9-5-4-8-20(18)21/h1-15,24H,(H,26,28)(H,27,29)/b25-15+. The van der Waals surface area contributed by atoms with Crippen LogP contribution in [0.3, 0.4) is 0 Å². The third-order valence-electron chi connectivity index (χ3n) is 4.43. The molecule has 6 heteroatoms. The molecule has 4 rings (SSSR count). The van der Waals surface area contributed by atoms with Crippen LogP contribution in [0.25, 0.3) is 10.9 Å². The van der Waals surface area contributed by atoms with Gasteiger partial charge < -0.3 is 10.3 Å². The van der Waals surface area contributed by atoms with Gasteiger partial charge in [-0.1, -0.05) is 36.4 Å². The predicted octanol–water partition coefficient (Wildman–Crippen LogP) is 4.18. The number of hydrogen-bond donors (Lipinski definition) is 3. The highest BCUT2D eigenvalue weighted by molar-refractivity contribution is 6.04. The Balaban J connectivity index is 1.37. The minimum absolute atomic E-state index is 0.203. The molecule has 2 amide bonds. The zero-order valence-corrected chi connectivity index (χ0v) is 15.4. The highest BCUT2D eigenvalue weighted by Crippen LogP contribution is 2.15. The highest BCUT2D eigenvalue weighted by Gasteiger charge is 2.07. The van der Waals surface area contributed by atoms with Crippen molar-refractivity contribution in [2.75, 3.05) is 5.32 Å². The fourth-order valence-corrected chi connectivity index (χ4v) is 2.92.